The monoisotopic (exact) mass is 432 g/mol. The predicted octanol–water partition coefficient (Wildman–Crippen LogP) is 7.58. The quantitative estimate of drug-likeness (QED) is 0.261. The first-order valence-electron chi connectivity index (χ1n) is 12.0. The molecular formula is C28H36N2O2. The van der Waals surface area contributed by atoms with Crippen molar-refractivity contribution in [1.29, 1.82) is 0 Å². The molecule has 1 heterocycles. The van der Waals surface area contributed by atoms with Crippen molar-refractivity contribution >= 4 is 0 Å². The zero-order valence-electron chi connectivity index (χ0n) is 19.7. The molecule has 0 radical (unpaired) electrons. The Labute approximate surface area is 193 Å². The average Bonchev–Trinajstić information content (AvgIpc) is 2.85. The highest BCUT2D eigenvalue weighted by Gasteiger charge is 2.05. The molecule has 2 aromatic carbocycles. The number of hydrogen-bond donors (Lipinski definition) is 0. The maximum atomic E-state index is 5.85. The number of rotatable bonds is 13. The molecule has 1 aromatic heterocycles. The van der Waals surface area contributed by atoms with E-state index >= 15 is 0 Å². The Morgan fingerprint density at radius 3 is 1.91 bits per heavy atom. The molecule has 1 atom stereocenters. The van der Waals surface area contributed by atoms with Crippen LogP contribution in [-0.2, 0) is 0 Å². The van der Waals surface area contributed by atoms with Crippen molar-refractivity contribution in [3.05, 3.63) is 60.9 Å². The highest BCUT2D eigenvalue weighted by atomic mass is 16.5. The minimum atomic E-state index is 0.562. The lowest BCUT2D eigenvalue weighted by molar-refractivity contribution is 0.256. The normalized spacial score (nSPS) is 11.8. The fourth-order valence-corrected chi connectivity index (χ4v) is 3.32. The Kier molecular flexibility index (Phi) is 9.55. The summed E-state index contributed by atoms with van der Waals surface area (Å²) >= 11 is 0. The second kappa shape index (κ2) is 12.8. The molecule has 0 N–H and O–H groups in total. The van der Waals surface area contributed by atoms with Crippen LogP contribution in [0.1, 0.15) is 59.3 Å². The Bertz CT molecular complexity index is 906. The van der Waals surface area contributed by atoms with Gasteiger partial charge in [-0.1, -0.05) is 65.0 Å². The van der Waals surface area contributed by atoms with Crippen LogP contribution in [0, 0.1) is 5.92 Å². The van der Waals surface area contributed by atoms with E-state index in [0.29, 0.717) is 11.7 Å². The summed E-state index contributed by atoms with van der Waals surface area (Å²) in [5.74, 6) is 3.08. The Morgan fingerprint density at radius 2 is 1.28 bits per heavy atom. The lowest BCUT2D eigenvalue weighted by Crippen LogP contribution is -2.06. The van der Waals surface area contributed by atoms with Gasteiger partial charge in [-0.15, -0.1) is 0 Å². The van der Waals surface area contributed by atoms with Crippen LogP contribution in [0.25, 0.3) is 22.5 Å². The van der Waals surface area contributed by atoms with Crippen molar-refractivity contribution in [3.8, 4) is 34.0 Å². The van der Waals surface area contributed by atoms with Gasteiger partial charge < -0.3 is 9.47 Å². The molecule has 170 valence electrons. The summed E-state index contributed by atoms with van der Waals surface area (Å²) in [6.45, 7) is 8.13. The Hall–Kier alpha value is -2.88. The van der Waals surface area contributed by atoms with E-state index in [0.717, 1.165) is 54.2 Å². The first-order chi connectivity index (χ1) is 15.7. The van der Waals surface area contributed by atoms with Crippen LogP contribution < -0.4 is 9.47 Å². The van der Waals surface area contributed by atoms with Gasteiger partial charge in [0, 0.05) is 23.5 Å². The van der Waals surface area contributed by atoms with E-state index in [-0.39, 0.29) is 0 Å². The SMILES string of the molecule is CCCCCCCOc1ccc(-c2ncc(-c3ccc(OCC(C)CC)cc3)cn2)cc1. The fourth-order valence-electron chi connectivity index (χ4n) is 3.32. The van der Waals surface area contributed by atoms with Crippen LogP contribution in [0.4, 0.5) is 0 Å². The number of ether oxygens (including phenoxy) is 2. The van der Waals surface area contributed by atoms with E-state index in [9.17, 15) is 0 Å². The lowest BCUT2D eigenvalue weighted by Gasteiger charge is -2.11. The standard InChI is InChI=1S/C28H36N2O2/c1-4-6-7-8-9-18-31-26-16-12-24(13-17-26)28-29-19-25(20-30-28)23-10-14-27(15-11-23)32-21-22(3)5-2/h10-17,19-20,22H,4-9,18,21H2,1-3H3. The molecule has 0 aliphatic rings. The van der Waals surface area contributed by atoms with Gasteiger partial charge in [-0.3, -0.25) is 0 Å². The van der Waals surface area contributed by atoms with E-state index in [1.165, 1.54) is 25.7 Å². The average molecular weight is 433 g/mol. The summed E-state index contributed by atoms with van der Waals surface area (Å²) in [5.41, 5.74) is 3.06. The highest BCUT2D eigenvalue weighted by molar-refractivity contribution is 5.64. The minimum Gasteiger partial charge on any atom is -0.494 e. The number of nitrogens with zero attached hydrogens (tertiary/aromatic N) is 2. The molecule has 0 spiro atoms. The molecule has 32 heavy (non-hydrogen) atoms. The van der Waals surface area contributed by atoms with Gasteiger partial charge in [0.25, 0.3) is 0 Å². The van der Waals surface area contributed by atoms with Crippen LogP contribution in [-0.4, -0.2) is 23.2 Å². The third-order valence-electron chi connectivity index (χ3n) is 5.70. The van der Waals surface area contributed by atoms with Gasteiger partial charge in [0.2, 0.25) is 0 Å². The summed E-state index contributed by atoms with van der Waals surface area (Å²) < 4.78 is 11.7. The van der Waals surface area contributed by atoms with E-state index < -0.39 is 0 Å². The maximum absolute atomic E-state index is 5.85. The van der Waals surface area contributed by atoms with Gasteiger partial charge in [0.1, 0.15) is 11.5 Å². The van der Waals surface area contributed by atoms with Crippen molar-refractivity contribution in [2.45, 2.75) is 59.3 Å². The molecule has 0 bridgehead atoms. The summed E-state index contributed by atoms with van der Waals surface area (Å²) in [6, 6.07) is 16.2. The predicted molar refractivity (Wildman–Crippen MR) is 132 cm³/mol. The van der Waals surface area contributed by atoms with Crippen molar-refractivity contribution in [3.63, 3.8) is 0 Å². The molecule has 0 saturated carbocycles. The Balaban J connectivity index is 1.52. The minimum absolute atomic E-state index is 0.562. The third-order valence-corrected chi connectivity index (χ3v) is 5.70. The lowest BCUT2D eigenvalue weighted by atomic mass is 10.1. The molecule has 4 heteroatoms. The van der Waals surface area contributed by atoms with Crippen molar-refractivity contribution < 1.29 is 9.47 Å². The van der Waals surface area contributed by atoms with Gasteiger partial charge in [0.05, 0.1) is 13.2 Å². The molecule has 3 rings (SSSR count). The largest absolute Gasteiger partial charge is 0.494 e. The van der Waals surface area contributed by atoms with Crippen LogP contribution in [0.3, 0.4) is 0 Å². The highest BCUT2D eigenvalue weighted by Crippen LogP contribution is 2.24. The zero-order chi connectivity index (χ0) is 22.6. The van der Waals surface area contributed by atoms with Gasteiger partial charge in [-0.25, -0.2) is 9.97 Å². The van der Waals surface area contributed by atoms with Crippen molar-refractivity contribution in [1.82, 2.24) is 9.97 Å². The second-order valence-electron chi connectivity index (χ2n) is 8.43. The van der Waals surface area contributed by atoms with E-state index in [2.05, 4.69) is 42.9 Å². The second-order valence-corrected chi connectivity index (χ2v) is 8.43. The van der Waals surface area contributed by atoms with Crippen LogP contribution in [0.15, 0.2) is 60.9 Å². The van der Waals surface area contributed by atoms with E-state index in [4.69, 9.17) is 9.47 Å². The summed E-state index contributed by atoms with van der Waals surface area (Å²) in [6.07, 6.45) is 11.1. The van der Waals surface area contributed by atoms with Crippen molar-refractivity contribution in [2.24, 2.45) is 5.92 Å². The van der Waals surface area contributed by atoms with Crippen LogP contribution in [0.2, 0.25) is 0 Å². The van der Waals surface area contributed by atoms with E-state index in [1.54, 1.807) is 0 Å². The van der Waals surface area contributed by atoms with Gasteiger partial charge >= 0.3 is 0 Å². The van der Waals surface area contributed by atoms with Crippen LogP contribution in [0.5, 0.6) is 11.5 Å². The number of hydrogen-bond acceptors (Lipinski definition) is 4. The number of benzene rings is 2. The van der Waals surface area contributed by atoms with E-state index in [1.807, 2.05) is 48.8 Å². The first kappa shape index (κ1) is 23.8. The molecule has 0 saturated heterocycles. The van der Waals surface area contributed by atoms with Gasteiger partial charge in [-0.2, -0.15) is 0 Å². The fraction of sp³-hybridized carbons (Fsp3) is 0.429. The first-order valence-corrected chi connectivity index (χ1v) is 12.0. The summed E-state index contributed by atoms with van der Waals surface area (Å²) in [7, 11) is 0. The number of unbranched alkanes of at least 4 members (excludes halogenated alkanes) is 4. The van der Waals surface area contributed by atoms with Gasteiger partial charge in [0.15, 0.2) is 5.82 Å². The molecule has 1 unspecified atom stereocenters. The Morgan fingerprint density at radius 1 is 0.688 bits per heavy atom. The van der Waals surface area contributed by atoms with Gasteiger partial charge in [-0.05, 0) is 54.3 Å². The molecular weight excluding hydrogens is 396 g/mol. The van der Waals surface area contributed by atoms with Crippen molar-refractivity contribution in [2.75, 3.05) is 13.2 Å². The zero-order valence-corrected chi connectivity index (χ0v) is 19.7. The molecule has 0 amide bonds. The smallest absolute Gasteiger partial charge is 0.159 e. The maximum Gasteiger partial charge on any atom is 0.159 e. The molecule has 0 fully saturated rings. The molecule has 4 nitrogen and oxygen atoms in total. The number of aromatic nitrogens is 2. The summed E-state index contributed by atoms with van der Waals surface area (Å²) in [4.78, 5) is 9.14. The summed E-state index contributed by atoms with van der Waals surface area (Å²) in [5, 5.41) is 0. The molecule has 0 aliphatic carbocycles. The topological polar surface area (TPSA) is 44.2 Å². The molecule has 0 aliphatic heterocycles. The molecule has 3 aromatic rings. The van der Waals surface area contributed by atoms with Crippen LogP contribution >= 0.6 is 0 Å². The third kappa shape index (κ3) is 7.37.